The molecule has 0 amide bonds. The summed E-state index contributed by atoms with van der Waals surface area (Å²) in [5, 5.41) is 3.06. The second kappa shape index (κ2) is 8.27. The van der Waals surface area contributed by atoms with Crippen molar-refractivity contribution in [3.05, 3.63) is 29.3 Å². The zero-order valence-corrected chi connectivity index (χ0v) is 13.1. The maximum absolute atomic E-state index is 13.3. The van der Waals surface area contributed by atoms with Crippen LogP contribution in [0.2, 0.25) is 0 Å². The number of hydrogen-bond donors (Lipinski definition) is 1. The molecule has 0 aliphatic rings. The third-order valence-electron chi connectivity index (χ3n) is 3.27. The molecule has 0 atom stereocenters. The summed E-state index contributed by atoms with van der Waals surface area (Å²) in [7, 11) is 0. The van der Waals surface area contributed by atoms with Crippen LogP contribution in [0, 0.1) is 0 Å². The fourth-order valence-corrected chi connectivity index (χ4v) is 2.36. The van der Waals surface area contributed by atoms with E-state index in [-0.39, 0.29) is 0 Å². The second-order valence-corrected chi connectivity index (χ2v) is 5.12. The topological polar surface area (TPSA) is 15.3 Å². The highest BCUT2D eigenvalue weighted by molar-refractivity contribution is 5.56. The summed E-state index contributed by atoms with van der Waals surface area (Å²) in [6.07, 6.45) is -2.66. The molecule has 0 bridgehead atoms. The molecular weight excluding hydrogens is 277 g/mol. The van der Waals surface area contributed by atoms with E-state index in [0.29, 0.717) is 30.9 Å². The van der Waals surface area contributed by atoms with Gasteiger partial charge in [0.1, 0.15) is 0 Å². The highest BCUT2D eigenvalue weighted by Gasteiger charge is 2.35. The molecule has 0 spiro atoms. The second-order valence-electron chi connectivity index (χ2n) is 5.12. The van der Waals surface area contributed by atoms with Gasteiger partial charge >= 0.3 is 6.18 Å². The Morgan fingerprint density at radius 1 is 1.05 bits per heavy atom. The minimum absolute atomic E-state index is 0.298. The predicted molar refractivity (Wildman–Crippen MR) is 81.6 cm³/mol. The van der Waals surface area contributed by atoms with E-state index in [1.807, 2.05) is 25.7 Å². The molecule has 0 saturated carbocycles. The van der Waals surface area contributed by atoms with Gasteiger partial charge in [-0.25, -0.2) is 0 Å². The predicted octanol–water partition coefficient (Wildman–Crippen LogP) is 4.44. The van der Waals surface area contributed by atoms with Gasteiger partial charge in [0.05, 0.1) is 5.56 Å². The molecule has 2 nitrogen and oxygen atoms in total. The van der Waals surface area contributed by atoms with Crippen molar-refractivity contribution in [1.82, 2.24) is 5.32 Å². The Morgan fingerprint density at radius 3 is 2.14 bits per heavy atom. The zero-order valence-electron chi connectivity index (χ0n) is 13.1. The average molecular weight is 302 g/mol. The van der Waals surface area contributed by atoms with Crippen LogP contribution in [-0.2, 0) is 12.7 Å². The van der Waals surface area contributed by atoms with Crippen molar-refractivity contribution in [3.63, 3.8) is 0 Å². The SMILES string of the molecule is CCCN(CCC)c1ccc(CNCC)cc1C(F)(F)F. The summed E-state index contributed by atoms with van der Waals surface area (Å²) in [6, 6.07) is 4.67. The molecule has 1 aromatic rings. The van der Waals surface area contributed by atoms with Crippen molar-refractivity contribution >= 4 is 5.69 Å². The van der Waals surface area contributed by atoms with Gasteiger partial charge in [0, 0.05) is 25.3 Å². The van der Waals surface area contributed by atoms with Crippen LogP contribution in [0.4, 0.5) is 18.9 Å². The molecule has 0 fully saturated rings. The normalized spacial score (nSPS) is 11.7. The van der Waals surface area contributed by atoms with Gasteiger partial charge in [-0.3, -0.25) is 0 Å². The Hall–Kier alpha value is -1.23. The number of nitrogens with zero attached hydrogens (tertiary/aromatic N) is 1. The first-order valence-electron chi connectivity index (χ1n) is 7.59. The lowest BCUT2D eigenvalue weighted by Gasteiger charge is -2.27. The van der Waals surface area contributed by atoms with E-state index in [2.05, 4.69) is 5.32 Å². The van der Waals surface area contributed by atoms with Gasteiger partial charge in [-0.1, -0.05) is 26.8 Å². The first-order chi connectivity index (χ1) is 9.93. The fraction of sp³-hybridized carbons (Fsp3) is 0.625. The van der Waals surface area contributed by atoms with Crippen molar-refractivity contribution in [2.45, 2.75) is 46.3 Å². The van der Waals surface area contributed by atoms with E-state index < -0.39 is 11.7 Å². The van der Waals surface area contributed by atoms with Crippen LogP contribution >= 0.6 is 0 Å². The Balaban J connectivity index is 3.16. The summed E-state index contributed by atoms with van der Waals surface area (Å²) in [4.78, 5) is 1.83. The Labute approximate surface area is 125 Å². The average Bonchev–Trinajstić information content (AvgIpc) is 2.44. The number of anilines is 1. The highest BCUT2D eigenvalue weighted by atomic mass is 19.4. The van der Waals surface area contributed by atoms with E-state index >= 15 is 0 Å². The molecule has 0 radical (unpaired) electrons. The van der Waals surface area contributed by atoms with Crippen LogP contribution in [-0.4, -0.2) is 19.6 Å². The van der Waals surface area contributed by atoms with E-state index in [0.717, 1.165) is 19.4 Å². The first kappa shape index (κ1) is 17.8. The lowest BCUT2D eigenvalue weighted by molar-refractivity contribution is -0.137. The minimum atomic E-state index is -4.32. The Morgan fingerprint density at radius 2 is 1.67 bits per heavy atom. The number of nitrogens with one attached hydrogen (secondary N) is 1. The van der Waals surface area contributed by atoms with Crippen LogP contribution in [0.3, 0.4) is 0 Å². The number of hydrogen-bond acceptors (Lipinski definition) is 2. The molecule has 1 N–H and O–H groups in total. The smallest absolute Gasteiger partial charge is 0.371 e. The van der Waals surface area contributed by atoms with E-state index in [4.69, 9.17) is 0 Å². The third-order valence-corrected chi connectivity index (χ3v) is 3.27. The van der Waals surface area contributed by atoms with Gasteiger partial charge in [-0.15, -0.1) is 0 Å². The van der Waals surface area contributed by atoms with E-state index in [1.54, 1.807) is 12.1 Å². The summed E-state index contributed by atoms with van der Waals surface area (Å²) in [5.74, 6) is 0. The summed E-state index contributed by atoms with van der Waals surface area (Å²) < 4.78 is 40.0. The molecule has 120 valence electrons. The molecule has 0 aromatic heterocycles. The molecule has 5 heteroatoms. The van der Waals surface area contributed by atoms with Crippen LogP contribution in [0.5, 0.6) is 0 Å². The van der Waals surface area contributed by atoms with Gasteiger partial charge in [-0.05, 0) is 37.1 Å². The molecule has 21 heavy (non-hydrogen) atoms. The summed E-state index contributed by atoms with van der Waals surface area (Å²) >= 11 is 0. The van der Waals surface area contributed by atoms with Crippen molar-refractivity contribution < 1.29 is 13.2 Å². The summed E-state index contributed by atoms with van der Waals surface area (Å²) in [5.41, 5.74) is 0.437. The number of halogens is 3. The quantitative estimate of drug-likeness (QED) is 0.763. The van der Waals surface area contributed by atoms with Crippen molar-refractivity contribution in [1.29, 1.82) is 0 Å². The Bertz CT molecular complexity index is 424. The lowest BCUT2D eigenvalue weighted by atomic mass is 10.1. The largest absolute Gasteiger partial charge is 0.418 e. The van der Waals surface area contributed by atoms with Gasteiger partial charge in [0.15, 0.2) is 0 Å². The molecule has 0 heterocycles. The van der Waals surface area contributed by atoms with Crippen LogP contribution in [0.25, 0.3) is 0 Å². The van der Waals surface area contributed by atoms with Crippen molar-refractivity contribution in [2.75, 3.05) is 24.5 Å². The number of rotatable bonds is 8. The minimum Gasteiger partial charge on any atom is -0.371 e. The van der Waals surface area contributed by atoms with Gasteiger partial charge < -0.3 is 10.2 Å². The standard InChI is InChI=1S/C16H25F3N2/c1-4-9-21(10-5-2)15-8-7-13(12-20-6-3)11-14(15)16(17,18)19/h7-8,11,20H,4-6,9-10,12H2,1-3H3. The molecule has 0 saturated heterocycles. The maximum atomic E-state index is 13.3. The van der Waals surface area contributed by atoms with Gasteiger partial charge in [0.2, 0.25) is 0 Å². The molecule has 0 aliphatic carbocycles. The fourth-order valence-electron chi connectivity index (χ4n) is 2.36. The van der Waals surface area contributed by atoms with Gasteiger partial charge in [-0.2, -0.15) is 13.2 Å². The van der Waals surface area contributed by atoms with Crippen molar-refractivity contribution in [3.8, 4) is 0 Å². The molecule has 1 rings (SSSR count). The van der Waals surface area contributed by atoms with E-state index in [9.17, 15) is 13.2 Å². The van der Waals surface area contributed by atoms with Crippen LogP contribution in [0.1, 0.15) is 44.7 Å². The molecule has 1 aromatic carbocycles. The molecular formula is C16H25F3N2. The van der Waals surface area contributed by atoms with Crippen LogP contribution in [0.15, 0.2) is 18.2 Å². The number of alkyl halides is 3. The van der Waals surface area contributed by atoms with Crippen LogP contribution < -0.4 is 10.2 Å². The monoisotopic (exact) mass is 302 g/mol. The van der Waals surface area contributed by atoms with Gasteiger partial charge in [0.25, 0.3) is 0 Å². The van der Waals surface area contributed by atoms with Crippen molar-refractivity contribution in [2.24, 2.45) is 0 Å². The highest BCUT2D eigenvalue weighted by Crippen LogP contribution is 2.37. The third kappa shape index (κ3) is 5.23. The molecule has 0 unspecified atom stereocenters. The molecule has 0 aliphatic heterocycles. The summed E-state index contributed by atoms with van der Waals surface area (Å²) in [6.45, 7) is 8.38. The number of benzene rings is 1. The van der Waals surface area contributed by atoms with E-state index in [1.165, 1.54) is 6.07 Å². The maximum Gasteiger partial charge on any atom is 0.418 e. The lowest BCUT2D eigenvalue weighted by Crippen LogP contribution is -2.28. The zero-order chi connectivity index (χ0) is 15.9. The first-order valence-corrected chi connectivity index (χ1v) is 7.59. The Kier molecular flexibility index (Phi) is 7.02.